The van der Waals surface area contributed by atoms with Crippen LogP contribution >= 0.6 is 0 Å². The first-order chi connectivity index (χ1) is 10.9. The zero-order chi connectivity index (χ0) is 16.4. The number of nitrogens with one attached hydrogen (secondary N) is 1. The summed E-state index contributed by atoms with van der Waals surface area (Å²) >= 11 is 0. The van der Waals surface area contributed by atoms with E-state index in [0.717, 1.165) is 11.9 Å². The maximum atomic E-state index is 11.9. The molecule has 0 atom stereocenters. The number of hydrogen-bond acceptors (Lipinski definition) is 6. The van der Waals surface area contributed by atoms with Gasteiger partial charge in [0, 0.05) is 12.1 Å². The van der Waals surface area contributed by atoms with Crippen LogP contribution in [0.15, 0.2) is 28.9 Å². The number of benzene rings is 1. The van der Waals surface area contributed by atoms with Gasteiger partial charge in [0.05, 0.1) is 0 Å². The number of oxazole rings is 1. The molecule has 1 aromatic carbocycles. The number of tetrazole rings is 1. The minimum atomic E-state index is -0.213. The third-order valence-electron chi connectivity index (χ3n) is 3.09. The number of anilines is 1. The fourth-order valence-electron chi connectivity index (χ4n) is 2.18. The average molecular weight is 314 g/mol. The van der Waals surface area contributed by atoms with Crippen molar-refractivity contribution in [3.05, 3.63) is 30.4 Å². The fraction of sp³-hybridized carbons (Fsp3) is 0.400. The number of carbonyl (C=O) groups excluding carboxylic acids is 1. The molecule has 1 N–H and O–H groups in total. The second kappa shape index (κ2) is 5.79. The first kappa shape index (κ1) is 15.1. The van der Waals surface area contributed by atoms with E-state index in [1.807, 2.05) is 0 Å². The Kier molecular flexibility index (Phi) is 3.81. The highest BCUT2D eigenvalue weighted by atomic mass is 16.3. The van der Waals surface area contributed by atoms with Crippen molar-refractivity contribution in [1.82, 2.24) is 25.2 Å². The van der Waals surface area contributed by atoms with E-state index >= 15 is 0 Å². The SMILES string of the molecule is CC(C)(C)Cc1nc2cc(NC(=O)Cn3cnnn3)ccc2o1. The van der Waals surface area contributed by atoms with Gasteiger partial charge < -0.3 is 9.73 Å². The van der Waals surface area contributed by atoms with Gasteiger partial charge in [-0.25, -0.2) is 9.67 Å². The van der Waals surface area contributed by atoms with Crippen LogP contribution in [0.5, 0.6) is 0 Å². The summed E-state index contributed by atoms with van der Waals surface area (Å²) in [6.07, 6.45) is 2.14. The molecule has 0 saturated carbocycles. The maximum absolute atomic E-state index is 11.9. The highest BCUT2D eigenvalue weighted by Gasteiger charge is 2.16. The van der Waals surface area contributed by atoms with Crippen molar-refractivity contribution in [2.45, 2.75) is 33.7 Å². The Balaban J connectivity index is 1.73. The van der Waals surface area contributed by atoms with Crippen molar-refractivity contribution >= 4 is 22.7 Å². The van der Waals surface area contributed by atoms with Crippen LogP contribution in [0.4, 0.5) is 5.69 Å². The van der Waals surface area contributed by atoms with E-state index in [1.54, 1.807) is 18.2 Å². The van der Waals surface area contributed by atoms with Gasteiger partial charge in [-0.3, -0.25) is 4.79 Å². The molecule has 8 nitrogen and oxygen atoms in total. The number of aromatic nitrogens is 5. The molecule has 3 aromatic rings. The minimum absolute atomic E-state index is 0.0547. The monoisotopic (exact) mass is 314 g/mol. The number of fused-ring (bicyclic) bond motifs is 1. The largest absolute Gasteiger partial charge is 0.441 e. The second-order valence-electron chi connectivity index (χ2n) is 6.58. The molecular weight excluding hydrogens is 296 g/mol. The van der Waals surface area contributed by atoms with Crippen molar-refractivity contribution in [2.24, 2.45) is 5.41 Å². The average Bonchev–Trinajstić information content (AvgIpc) is 3.04. The molecule has 3 rings (SSSR count). The van der Waals surface area contributed by atoms with Crippen LogP contribution in [0, 0.1) is 5.41 Å². The molecule has 2 aromatic heterocycles. The Labute approximate surface area is 132 Å². The highest BCUT2D eigenvalue weighted by molar-refractivity contribution is 5.92. The van der Waals surface area contributed by atoms with Gasteiger partial charge in [-0.2, -0.15) is 0 Å². The summed E-state index contributed by atoms with van der Waals surface area (Å²) in [7, 11) is 0. The summed E-state index contributed by atoms with van der Waals surface area (Å²) in [5.74, 6) is 0.486. The zero-order valence-corrected chi connectivity index (χ0v) is 13.3. The summed E-state index contributed by atoms with van der Waals surface area (Å²) in [5, 5.41) is 13.4. The summed E-state index contributed by atoms with van der Waals surface area (Å²) in [4.78, 5) is 16.4. The van der Waals surface area contributed by atoms with E-state index in [9.17, 15) is 4.79 Å². The van der Waals surface area contributed by atoms with Gasteiger partial charge in [-0.15, -0.1) is 5.10 Å². The van der Waals surface area contributed by atoms with Gasteiger partial charge >= 0.3 is 0 Å². The predicted molar refractivity (Wildman–Crippen MR) is 83.6 cm³/mol. The quantitative estimate of drug-likeness (QED) is 0.791. The fourth-order valence-corrected chi connectivity index (χ4v) is 2.18. The number of hydrogen-bond donors (Lipinski definition) is 1. The van der Waals surface area contributed by atoms with Crippen LogP contribution in [-0.2, 0) is 17.8 Å². The topological polar surface area (TPSA) is 98.7 Å². The van der Waals surface area contributed by atoms with E-state index in [2.05, 4.69) is 46.6 Å². The van der Waals surface area contributed by atoms with Crippen LogP contribution in [0.1, 0.15) is 26.7 Å². The van der Waals surface area contributed by atoms with Crippen LogP contribution < -0.4 is 5.32 Å². The van der Waals surface area contributed by atoms with Crippen LogP contribution in [0.2, 0.25) is 0 Å². The molecule has 0 bridgehead atoms. The van der Waals surface area contributed by atoms with E-state index in [-0.39, 0.29) is 17.9 Å². The van der Waals surface area contributed by atoms with Crippen molar-refractivity contribution in [1.29, 1.82) is 0 Å². The van der Waals surface area contributed by atoms with Crippen LogP contribution in [0.3, 0.4) is 0 Å². The molecule has 0 unspecified atom stereocenters. The number of carbonyl (C=O) groups is 1. The molecule has 2 heterocycles. The lowest BCUT2D eigenvalue weighted by molar-refractivity contribution is -0.116. The lowest BCUT2D eigenvalue weighted by atomic mass is 9.92. The summed E-state index contributed by atoms with van der Waals surface area (Å²) in [6.45, 7) is 6.45. The normalized spacial score (nSPS) is 11.8. The van der Waals surface area contributed by atoms with Gasteiger partial charge in [0.15, 0.2) is 11.5 Å². The van der Waals surface area contributed by atoms with Crippen molar-refractivity contribution in [3.63, 3.8) is 0 Å². The van der Waals surface area contributed by atoms with Gasteiger partial charge in [0.2, 0.25) is 5.91 Å². The van der Waals surface area contributed by atoms with E-state index < -0.39 is 0 Å². The van der Waals surface area contributed by atoms with Crippen molar-refractivity contribution in [2.75, 3.05) is 5.32 Å². The van der Waals surface area contributed by atoms with Gasteiger partial charge in [-0.05, 0) is 34.0 Å². The van der Waals surface area contributed by atoms with Crippen LogP contribution in [-0.4, -0.2) is 31.1 Å². The minimum Gasteiger partial charge on any atom is -0.441 e. The Morgan fingerprint density at radius 3 is 2.87 bits per heavy atom. The Hall–Kier alpha value is -2.77. The smallest absolute Gasteiger partial charge is 0.246 e. The van der Waals surface area contributed by atoms with E-state index in [1.165, 1.54) is 11.0 Å². The Bertz CT molecular complexity index is 816. The maximum Gasteiger partial charge on any atom is 0.246 e. The molecule has 0 spiro atoms. The third-order valence-corrected chi connectivity index (χ3v) is 3.09. The first-order valence-electron chi connectivity index (χ1n) is 7.29. The molecule has 120 valence electrons. The van der Waals surface area contributed by atoms with Gasteiger partial charge in [-0.1, -0.05) is 20.8 Å². The molecule has 0 fully saturated rings. The molecule has 0 saturated heterocycles. The lowest BCUT2D eigenvalue weighted by Gasteiger charge is -2.14. The summed E-state index contributed by atoms with van der Waals surface area (Å²) in [5.41, 5.74) is 2.20. The molecule has 0 aliphatic heterocycles. The standard InChI is InChI=1S/C15H18N6O2/c1-15(2,3)7-14-18-11-6-10(4-5-12(11)23-14)17-13(22)8-21-9-16-19-20-21/h4-6,9H,7-8H2,1-3H3,(H,17,22). The summed E-state index contributed by atoms with van der Waals surface area (Å²) in [6, 6.07) is 5.38. The number of nitrogens with zero attached hydrogens (tertiary/aromatic N) is 5. The molecule has 0 radical (unpaired) electrons. The Morgan fingerprint density at radius 1 is 1.35 bits per heavy atom. The highest BCUT2D eigenvalue weighted by Crippen LogP contribution is 2.25. The molecule has 8 heteroatoms. The van der Waals surface area contributed by atoms with Crippen molar-refractivity contribution < 1.29 is 9.21 Å². The number of amides is 1. The molecule has 1 amide bonds. The van der Waals surface area contributed by atoms with Crippen LogP contribution in [0.25, 0.3) is 11.1 Å². The van der Waals surface area contributed by atoms with E-state index in [4.69, 9.17) is 4.42 Å². The van der Waals surface area contributed by atoms with Gasteiger partial charge in [0.25, 0.3) is 0 Å². The predicted octanol–water partition coefficient (Wildman–Crippen LogP) is 2.04. The molecule has 23 heavy (non-hydrogen) atoms. The van der Waals surface area contributed by atoms with E-state index in [0.29, 0.717) is 17.2 Å². The number of rotatable bonds is 4. The molecule has 0 aliphatic carbocycles. The van der Waals surface area contributed by atoms with Gasteiger partial charge in [0.1, 0.15) is 18.4 Å². The Morgan fingerprint density at radius 2 is 2.17 bits per heavy atom. The lowest BCUT2D eigenvalue weighted by Crippen LogP contribution is -2.19. The summed E-state index contributed by atoms with van der Waals surface area (Å²) < 4.78 is 7.09. The molecule has 0 aliphatic rings. The second-order valence-corrected chi connectivity index (χ2v) is 6.58. The first-order valence-corrected chi connectivity index (χ1v) is 7.29. The molecular formula is C15H18N6O2. The van der Waals surface area contributed by atoms with Crippen molar-refractivity contribution in [3.8, 4) is 0 Å². The third kappa shape index (κ3) is 3.91. The zero-order valence-electron chi connectivity index (χ0n) is 13.3.